The molecule has 0 aromatic heterocycles. The number of hydrogen-bond donors (Lipinski definition) is 1. The number of nitrogens with one attached hydrogen (secondary N) is 1. The highest BCUT2D eigenvalue weighted by Crippen LogP contribution is 2.19. The van der Waals surface area contributed by atoms with Crippen LogP contribution in [0, 0.1) is 5.41 Å². The van der Waals surface area contributed by atoms with Gasteiger partial charge in [0.05, 0.1) is 7.11 Å². The molecule has 0 heterocycles. The van der Waals surface area contributed by atoms with E-state index in [9.17, 15) is 9.59 Å². The van der Waals surface area contributed by atoms with Crippen LogP contribution >= 0.6 is 0 Å². The molecule has 19 heavy (non-hydrogen) atoms. The van der Waals surface area contributed by atoms with Crippen molar-refractivity contribution in [3.8, 4) is 5.75 Å². The monoisotopic (exact) mass is 265 g/mol. The van der Waals surface area contributed by atoms with Crippen LogP contribution in [-0.2, 0) is 14.3 Å². The minimum absolute atomic E-state index is 0.0595. The third kappa shape index (κ3) is 4.99. The Kier molecular flexibility index (Phi) is 4.92. The molecule has 1 rings (SSSR count). The molecule has 0 saturated heterocycles. The molecule has 0 fully saturated rings. The van der Waals surface area contributed by atoms with Gasteiger partial charge < -0.3 is 14.8 Å². The SMILES string of the molecule is COC(=O)COc1ccc(NC(=O)C(C)(C)C)cc1. The first kappa shape index (κ1) is 15.0. The smallest absolute Gasteiger partial charge is 0.343 e. The summed E-state index contributed by atoms with van der Waals surface area (Å²) in [5, 5.41) is 2.80. The number of ether oxygens (including phenoxy) is 2. The lowest BCUT2D eigenvalue weighted by Gasteiger charge is -2.17. The topological polar surface area (TPSA) is 64.6 Å². The summed E-state index contributed by atoms with van der Waals surface area (Å²) in [4.78, 5) is 22.7. The van der Waals surface area contributed by atoms with Gasteiger partial charge in [-0.2, -0.15) is 0 Å². The standard InChI is InChI=1S/C14H19NO4/c1-14(2,3)13(17)15-10-5-7-11(8-6-10)19-9-12(16)18-4/h5-8H,9H2,1-4H3,(H,15,17). The van der Waals surface area contributed by atoms with Crippen molar-refractivity contribution in [2.24, 2.45) is 5.41 Å². The molecular weight excluding hydrogens is 246 g/mol. The zero-order valence-corrected chi connectivity index (χ0v) is 11.6. The molecule has 1 aromatic carbocycles. The number of carbonyl (C=O) groups excluding carboxylic acids is 2. The number of hydrogen-bond acceptors (Lipinski definition) is 4. The zero-order valence-electron chi connectivity index (χ0n) is 11.6. The Labute approximate surface area is 112 Å². The molecule has 0 aliphatic rings. The lowest BCUT2D eigenvalue weighted by Crippen LogP contribution is -2.27. The third-order valence-corrected chi connectivity index (χ3v) is 2.38. The summed E-state index contributed by atoms with van der Waals surface area (Å²) in [7, 11) is 1.30. The van der Waals surface area contributed by atoms with Gasteiger partial charge in [-0.3, -0.25) is 4.79 Å². The second-order valence-electron chi connectivity index (χ2n) is 5.09. The summed E-state index contributed by atoms with van der Waals surface area (Å²) in [5.74, 6) is 0.0417. The minimum Gasteiger partial charge on any atom is -0.482 e. The summed E-state index contributed by atoms with van der Waals surface area (Å²) >= 11 is 0. The highest BCUT2D eigenvalue weighted by atomic mass is 16.6. The Morgan fingerprint density at radius 2 is 1.74 bits per heavy atom. The van der Waals surface area contributed by atoms with Crippen LogP contribution in [0.1, 0.15) is 20.8 Å². The highest BCUT2D eigenvalue weighted by molar-refractivity contribution is 5.94. The van der Waals surface area contributed by atoms with E-state index in [1.54, 1.807) is 24.3 Å². The fraction of sp³-hybridized carbons (Fsp3) is 0.429. The molecule has 0 bridgehead atoms. The van der Waals surface area contributed by atoms with E-state index in [-0.39, 0.29) is 12.5 Å². The van der Waals surface area contributed by atoms with E-state index in [4.69, 9.17) is 4.74 Å². The van der Waals surface area contributed by atoms with Crippen LogP contribution in [0.25, 0.3) is 0 Å². The summed E-state index contributed by atoms with van der Waals surface area (Å²) < 4.78 is 9.66. The van der Waals surface area contributed by atoms with Crippen LogP contribution in [0.5, 0.6) is 5.75 Å². The summed E-state index contributed by atoms with van der Waals surface area (Å²) in [6.45, 7) is 5.40. The maximum absolute atomic E-state index is 11.8. The summed E-state index contributed by atoms with van der Waals surface area (Å²) in [5.41, 5.74) is 0.241. The number of carbonyl (C=O) groups is 2. The molecule has 0 saturated carbocycles. The van der Waals surface area contributed by atoms with Crippen molar-refractivity contribution in [3.05, 3.63) is 24.3 Å². The first-order valence-corrected chi connectivity index (χ1v) is 5.94. The number of esters is 1. The van der Waals surface area contributed by atoms with E-state index in [0.29, 0.717) is 11.4 Å². The Morgan fingerprint density at radius 3 is 2.21 bits per heavy atom. The number of anilines is 1. The molecule has 0 spiro atoms. The van der Waals surface area contributed by atoms with Gasteiger partial charge in [-0.1, -0.05) is 20.8 Å². The maximum atomic E-state index is 11.8. The van der Waals surface area contributed by atoms with Crippen molar-refractivity contribution in [2.75, 3.05) is 19.0 Å². The van der Waals surface area contributed by atoms with Gasteiger partial charge >= 0.3 is 5.97 Å². The molecule has 0 radical (unpaired) electrons. The van der Waals surface area contributed by atoms with Gasteiger partial charge in [-0.25, -0.2) is 4.79 Å². The van der Waals surface area contributed by atoms with Gasteiger partial charge in [-0.05, 0) is 24.3 Å². The predicted molar refractivity (Wildman–Crippen MR) is 72.0 cm³/mol. The van der Waals surface area contributed by atoms with Gasteiger partial charge in [0.1, 0.15) is 5.75 Å². The summed E-state index contributed by atoms with van der Waals surface area (Å²) in [6.07, 6.45) is 0. The summed E-state index contributed by atoms with van der Waals surface area (Å²) in [6, 6.07) is 6.80. The molecule has 0 atom stereocenters. The van der Waals surface area contributed by atoms with Gasteiger partial charge in [0.2, 0.25) is 5.91 Å². The van der Waals surface area contributed by atoms with Crippen molar-refractivity contribution >= 4 is 17.6 Å². The number of benzene rings is 1. The fourth-order valence-corrected chi connectivity index (χ4v) is 1.15. The van der Waals surface area contributed by atoms with Gasteiger partial charge in [0.25, 0.3) is 0 Å². The van der Waals surface area contributed by atoms with E-state index >= 15 is 0 Å². The number of methoxy groups -OCH3 is 1. The average Bonchev–Trinajstić information content (AvgIpc) is 2.36. The maximum Gasteiger partial charge on any atom is 0.343 e. The van der Waals surface area contributed by atoms with Crippen LogP contribution in [0.3, 0.4) is 0 Å². The molecule has 0 aliphatic heterocycles. The molecular formula is C14H19NO4. The number of rotatable bonds is 4. The second-order valence-corrected chi connectivity index (χ2v) is 5.09. The molecule has 1 aromatic rings. The molecule has 1 N–H and O–H groups in total. The van der Waals surface area contributed by atoms with Gasteiger partial charge in [-0.15, -0.1) is 0 Å². The second kappa shape index (κ2) is 6.22. The molecule has 104 valence electrons. The van der Waals surface area contributed by atoms with E-state index < -0.39 is 11.4 Å². The highest BCUT2D eigenvalue weighted by Gasteiger charge is 2.20. The molecule has 1 amide bonds. The first-order chi connectivity index (χ1) is 8.82. The third-order valence-electron chi connectivity index (χ3n) is 2.38. The fourth-order valence-electron chi connectivity index (χ4n) is 1.15. The van der Waals surface area contributed by atoms with Gasteiger partial charge in [0, 0.05) is 11.1 Å². The predicted octanol–water partition coefficient (Wildman–Crippen LogP) is 2.22. The lowest BCUT2D eigenvalue weighted by atomic mass is 9.95. The minimum atomic E-state index is -0.444. The van der Waals surface area contributed by atoms with Crippen molar-refractivity contribution in [1.29, 1.82) is 0 Å². The Bertz CT molecular complexity index is 446. The van der Waals surface area contributed by atoms with Crippen LogP contribution < -0.4 is 10.1 Å². The zero-order chi connectivity index (χ0) is 14.5. The Balaban J connectivity index is 2.57. The van der Waals surface area contributed by atoms with Crippen LogP contribution in [0.15, 0.2) is 24.3 Å². The van der Waals surface area contributed by atoms with E-state index in [0.717, 1.165) is 0 Å². The Morgan fingerprint density at radius 1 is 1.16 bits per heavy atom. The first-order valence-electron chi connectivity index (χ1n) is 5.94. The van der Waals surface area contributed by atoms with Crippen molar-refractivity contribution < 1.29 is 19.1 Å². The molecule has 5 nitrogen and oxygen atoms in total. The van der Waals surface area contributed by atoms with Crippen molar-refractivity contribution in [3.63, 3.8) is 0 Å². The number of amides is 1. The van der Waals surface area contributed by atoms with Crippen LogP contribution in [0.4, 0.5) is 5.69 Å². The van der Waals surface area contributed by atoms with E-state index in [1.807, 2.05) is 20.8 Å². The lowest BCUT2D eigenvalue weighted by molar-refractivity contribution is -0.142. The molecule has 5 heteroatoms. The van der Waals surface area contributed by atoms with Crippen LogP contribution in [0.2, 0.25) is 0 Å². The Hall–Kier alpha value is -2.04. The quantitative estimate of drug-likeness (QED) is 0.848. The van der Waals surface area contributed by atoms with Gasteiger partial charge in [0.15, 0.2) is 6.61 Å². The van der Waals surface area contributed by atoms with Crippen molar-refractivity contribution in [1.82, 2.24) is 0 Å². The van der Waals surface area contributed by atoms with Crippen LogP contribution in [-0.4, -0.2) is 25.6 Å². The van der Waals surface area contributed by atoms with E-state index in [2.05, 4.69) is 10.1 Å². The normalized spacial score (nSPS) is 10.7. The van der Waals surface area contributed by atoms with E-state index in [1.165, 1.54) is 7.11 Å². The van der Waals surface area contributed by atoms with Crippen molar-refractivity contribution in [2.45, 2.75) is 20.8 Å². The largest absolute Gasteiger partial charge is 0.482 e. The average molecular weight is 265 g/mol. The molecule has 0 aliphatic carbocycles. The molecule has 0 unspecified atom stereocenters.